The summed E-state index contributed by atoms with van der Waals surface area (Å²) < 4.78 is 37.0. The highest BCUT2D eigenvalue weighted by Gasteiger charge is 2.39. The number of aliphatic hydroxyl groups is 1. The maximum atomic E-state index is 12.3. The summed E-state index contributed by atoms with van der Waals surface area (Å²) in [5.41, 5.74) is 0. The fourth-order valence-electron chi connectivity index (χ4n) is 3.60. The summed E-state index contributed by atoms with van der Waals surface area (Å²) in [4.78, 5) is 15.9. The van der Waals surface area contributed by atoms with Crippen LogP contribution in [0.1, 0.15) is 38.5 Å². The first-order valence-corrected chi connectivity index (χ1v) is 8.10. The molecule has 1 N–H and O–H groups in total. The van der Waals surface area contributed by atoms with Gasteiger partial charge >= 0.3 is 6.18 Å². The van der Waals surface area contributed by atoms with Crippen molar-refractivity contribution in [2.24, 2.45) is 5.92 Å². The van der Waals surface area contributed by atoms with Crippen LogP contribution in [0.4, 0.5) is 13.2 Å². The zero-order chi connectivity index (χ0) is 16.2. The third-order valence-electron chi connectivity index (χ3n) is 4.75. The molecule has 2 saturated heterocycles. The van der Waals surface area contributed by atoms with E-state index in [2.05, 4.69) is 0 Å². The molecule has 2 heterocycles. The van der Waals surface area contributed by atoms with E-state index in [1.165, 1.54) is 0 Å². The van der Waals surface area contributed by atoms with E-state index in [4.69, 9.17) is 5.11 Å². The Bertz CT molecular complexity index is 376. The Morgan fingerprint density at radius 1 is 1.18 bits per heavy atom. The van der Waals surface area contributed by atoms with Crippen molar-refractivity contribution in [3.8, 4) is 0 Å². The zero-order valence-electron chi connectivity index (χ0n) is 12.8. The number of piperidine rings is 2. The van der Waals surface area contributed by atoms with Gasteiger partial charge in [0.25, 0.3) is 0 Å². The number of fused-ring (bicyclic) bond motifs is 1. The normalized spacial score (nSPS) is 27.1. The van der Waals surface area contributed by atoms with Crippen molar-refractivity contribution in [1.29, 1.82) is 0 Å². The van der Waals surface area contributed by atoms with Crippen LogP contribution in [0.3, 0.4) is 0 Å². The topological polar surface area (TPSA) is 43.8 Å². The van der Waals surface area contributed by atoms with Crippen LogP contribution in [-0.2, 0) is 4.79 Å². The minimum atomic E-state index is -4.10. The van der Waals surface area contributed by atoms with Crippen LogP contribution in [0, 0.1) is 5.92 Å². The van der Waals surface area contributed by atoms with Gasteiger partial charge in [0.2, 0.25) is 5.91 Å². The number of nitrogens with zero attached hydrogens (tertiary/aromatic N) is 2. The van der Waals surface area contributed by atoms with Crippen LogP contribution in [0.2, 0.25) is 0 Å². The second kappa shape index (κ2) is 7.64. The molecule has 2 aliphatic rings. The molecule has 0 aromatic rings. The fourth-order valence-corrected chi connectivity index (χ4v) is 3.60. The van der Waals surface area contributed by atoms with Crippen LogP contribution in [0.5, 0.6) is 0 Å². The second-order valence-corrected chi connectivity index (χ2v) is 6.34. The van der Waals surface area contributed by atoms with Crippen LogP contribution in [-0.4, -0.2) is 65.8 Å². The van der Waals surface area contributed by atoms with Crippen molar-refractivity contribution in [1.82, 2.24) is 9.80 Å². The highest BCUT2D eigenvalue weighted by atomic mass is 19.4. The summed E-state index contributed by atoms with van der Waals surface area (Å²) in [6, 6.07) is 0.169. The third-order valence-corrected chi connectivity index (χ3v) is 4.75. The van der Waals surface area contributed by atoms with E-state index in [-0.39, 0.29) is 31.0 Å². The van der Waals surface area contributed by atoms with Crippen molar-refractivity contribution in [3.05, 3.63) is 0 Å². The molecule has 4 nitrogen and oxygen atoms in total. The molecule has 0 aromatic heterocycles. The van der Waals surface area contributed by atoms with E-state index in [0.29, 0.717) is 32.5 Å². The van der Waals surface area contributed by atoms with Crippen molar-refractivity contribution in [3.63, 3.8) is 0 Å². The van der Waals surface area contributed by atoms with Gasteiger partial charge in [0.1, 0.15) is 0 Å². The standard InChI is InChI=1S/C15H25F3N2O2/c16-15(17,18)6-9-19-8-5-13-12(11-19)3-4-14(22)20(13)7-1-2-10-21/h12-13,21H,1-11H2/t12-,13+/m0/s1. The lowest BCUT2D eigenvalue weighted by molar-refractivity contribution is -0.144. The Hall–Kier alpha value is -0.820. The van der Waals surface area contributed by atoms with Crippen molar-refractivity contribution in [2.45, 2.75) is 50.7 Å². The van der Waals surface area contributed by atoms with Crippen LogP contribution < -0.4 is 0 Å². The summed E-state index contributed by atoms with van der Waals surface area (Å²) in [5, 5.41) is 8.85. The lowest BCUT2D eigenvalue weighted by Crippen LogP contribution is -2.56. The number of alkyl halides is 3. The van der Waals surface area contributed by atoms with Gasteiger partial charge in [-0.15, -0.1) is 0 Å². The predicted molar refractivity (Wildman–Crippen MR) is 76.3 cm³/mol. The highest BCUT2D eigenvalue weighted by molar-refractivity contribution is 5.77. The molecule has 2 aliphatic heterocycles. The number of hydrogen-bond donors (Lipinski definition) is 1. The molecular formula is C15H25F3N2O2. The predicted octanol–water partition coefficient (Wildman–Crippen LogP) is 2.02. The lowest BCUT2D eigenvalue weighted by atomic mass is 9.83. The summed E-state index contributed by atoms with van der Waals surface area (Å²) in [6.07, 6.45) is -1.37. The molecule has 0 aromatic carbocycles. The first kappa shape index (κ1) is 17.5. The first-order chi connectivity index (χ1) is 10.4. The van der Waals surface area contributed by atoms with E-state index in [9.17, 15) is 18.0 Å². The molecule has 0 bridgehead atoms. The van der Waals surface area contributed by atoms with E-state index in [0.717, 1.165) is 19.3 Å². The summed E-state index contributed by atoms with van der Waals surface area (Å²) >= 11 is 0. The summed E-state index contributed by atoms with van der Waals surface area (Å²) in [5.74, 6) is 0.441. The number of unbranched alkanes of at least 4 members (excludes halogenated alkanes) is 1. The van der Waals surface area contributed by atoms with Gasteiger partial charge in [-0.25, -0.2) is 0 Å². The number of carbonyl (C=O) groups is 1. The van der Waals surface area contributed by atoms with E-state index >= 15 is 0 Å². The van der Waals surface area contributed by atoms with Crippen molar-refractivity contribution >= 4 is 5.91 Å². The second-order valence-electron chi connectivity index (χ2n) is 6.34. The third kappa shape index (κ3) is 4.84. The molecular weight excluding hydrogens is 297 g/mol. The minimum absolute atomic E-state index is 0.0607. The Morgan fingerprint density at radius 2 is 1.95 bits per heavy atom. The van der Waals surface area contributed by atoms with Gasteiger partial charge in [-0.1, -0.05) is 0 Å². The largest absolute Gasteiger partial charge is 0.396 e. The van der Waals surface area contributed by atoms with Gasteiger partial charge in [-0.05, 0) is 31.6 Å². The van der Waals surface area contributed by atoms with Gasteiger partial charge in [-0.2, -0.15) is 13.2 Å². The maximum absolute atomic E-state index is 12.3. The van der Waals surface area contributed by atoms with Crippen LogP contribution in [0.15, 0.2) is 0 Å². The average molecular weight is 322 g/mol. The quantitative estimate of drug-likeness (QED) is 0.761. The minimum Gasteiger partial charge on any atom is -0.396 e. The molecule has 128 valence electrons. The van der Waals surface area contributed by atoms with Gasteiger partial charge in [-0.3, -0.25) is 4.79 Å². The Kier molecular flexibility index (Phi) is 6.09. The van der Waals surface area contributed by atoms with E-state index < -0.39 is 12.6 Å². The number of rotatable bonds is 6. The molecule has 7 heteroatoms. The van der Waals surface area contributed by atoms with Crippen LogP contribution in [0.25, 0.3) is 0 Å². The van der Waals surface area contributed by atoms with Gasteiger partial charge < -0.3 is 14.9 Å². The SMILES string of the molecule is O=C1CC[C@H]2CN(CCC(F)(F)F)CC[C@H]2N1CCCCO. The first-order valence-electron chi connectivity index (χ1n) is 8.10. The molecule has 0 aliphatic carbocycles. The molecule has 2 atom stereocenters. The molecule has 0 unspecified atom stereocenters. The molecule has 0 saturated carbocycles. The number of halogens is 3. The van der Waals surface area contributed by atoms with Gasteiger partial charge in [0, 0.05) is 45.2 Å². The monoisotopic (exact) mass is 322 g/mol. The smallest absolute Gasteiger partial charge is 0.390 e. The average Bonchev–Trinajstić information content (AvgIpc) is 2.47. The van der Waals surface area contributed by atoms with Crippen LogP contribution >= 0.6 is 0 Å². The van der Waals surface area contributed by atoms with E-state index in [1.807, 2.05) is 9.80 Å². The molecule has 22 heavy (non-hydrogen) atoms. The zero-order valence-corrected chi connectivity index (χ0v) is 12.8. The van der Waals surface area contributed by atoms with Gasteiger partial charge in [0.05, 0.1) is 6.42 Å². The number of amides is 1. The maximum Gasteiger partial charge on any atom is 0.390 e. The fraction of sp³-hybridized carbons (Fsp3) is 0.933. The number of hydrogen-bond acceptors (Lipinski definition) is 3. The van der Waals surface area contributed by atoms with E-state index in [1.54, 1.807) is 0 Å². The highest BCUT2D eigenvalue weighted by Crippen LogP contribution is 2.32. The molecule has 1 amide bonds. The van der Waals surface area contributed by atoms with Crippen molar-refractivity contribution < 1.29 is 23.1 Å². The van der Waals surface area contributed by atoms with Gasteiger partial charge in [0.15, 0.2) is 0 Å². The molecule has 0 radical (unpaired) electrons. The summed E-state index contributed by atoms with van der Waals surface area (Å²) in [7, 11) is 0. The molecule has 2 fully saturated rings. The molecule has 0 spiro atoms. The lowest BCUT2D eigenvalue weighted by Gasteiger charge is -2.47. The molecule has 2 rings (SSSR count). The Morgan fingerprint density at radius 3 is 2.64 bits per heavy atom. The Balaban J connectivity index is 1.86. The number of aliphatic hydroxyl groups excluding tert-OH is 1. The number of carbonyl (C=O) groups excluding carboxylic acids is 1. The number of likely N-dealkylation sites (tertiary alicyclic amines) is 2. The Labute approximate surface area is 129 Å². The van der Waals surface area contributed by atoms with Crippen molar-refractivity contribution in [2.75, 3.05) is 32.8 Å². The summed E-state index contributed by atoms with van der Waals surface area (Å²) in [6.45, 7) is 2.13.